The molecule has 2 aromatic rings. The summed E-state index contributed by atoms with van der Waals surface area (Å²) < 4.78 is 0. The molecule has 2 unspecified atom stereocenters. The van der Waals surface area contributed by atoms with Crippen molar-refractivity contribution in [2.24, 2.45) is 0 Å². The van der Waals surface area contributed by atoms with Crippen molar-refractivity contribution < 1.29 is 14.7 Å². The molecule has 0 bridgehead atoms. The molecular formula is C18H18O3S. The maximum absolute atomic E-state index is 12.4. The highest BCUT2D eigenvalue weighted by Crippen LogP contribution is 2.36. The maximum atomic E-state index is 12.4. The molecule has 0 spiro atoms. The number of rotatable bonds is 7. The molecule has 0 saturated heterocycles. The van der Waals surface area contributed by atoms with Crippen LogP contribution in [0.4, 0.5) is 0 Å². The molecule has 2 atom stereocenters. The molecule has 0 aliphatic rings. The van der Waals surface area contributed by atoms with Crippen LogP contribution in [0.2, 0.25) is 0 Å². The van der Waals surface area contributed by atoms with E-state index in [-0.39, 0.29) is 17.5 Å². The molecule has 114 valence electrons. The van der Waals surface area contributed by atoms with Gasteiger partial charge in [0, 0.05) is 17.2 Å². The summed E-state index contributed by atoms with van der Waals surface area (Å²) in [6.07, 6.45) is 0.288. The number of aliphatic carboxylic acids is 1. The third kappa shape index (κ3) is 4.46. The Morgan fingerprint density at radius 2 is 1.55 bits per heavy atom. The van der Waals surface area contributed by atoms with E-state index in [0.717, 1.165) is 5.56 Å². The number of hydrogen-bond acceptors (Lipinski definition) is 3. The van der Waals surface area contributed by atoms with Gasteiger partial charge in [0.2, 0.25) is 0 Å². The van der Waals surface area contributed by atoms with Crippen LogP contribution in [0.25, 0.3) is 0 Å². The van der Waals surface area contributed by atoms with Crippen molar-refractivity contribution in [1.29, 1.82) is 0 Å². The lowest BCUT2D eigenvalue weighted by molar-refractivity contribution is -0.136. The van der Waals surface area contributed by atoms with Crippen molar-refractivity contribution >= 4 is 23.5 Å². The van der Waals surface area contributed by atoms with Crippen molar-refractivity contribution in [2.75, 3.05) is 0 Å². The molecule has 0 saturated carbocycles. The van der Waals surface area contributed by atoms with Crippen LogP contribution in [0.3, 0.4) is 0 Å². The zero-order chi connectivity index (χ0) is 15.9. The monoisotopic (exact) mass is 314 g/mol. The molecule has 0 fully saturated rings. The molecule has 0 amide bonds. The average molecular weight is 314 g/mol. The van der Waals surface area contributed by atoms with E-state index in [2.05, 4.69) is 0 Å². The highest BCUT2D eigenvalue weighted by Gasteiger charge is 2.23. The Morgan fingerprint density at radius 1 is 1.00 bits per heavy atom. The van der Waals surface area contributed by atoms with Crippen LogP contribution in [0.1, 0.15) is 34.5 Å². The van der Waals surface area contributed by atoms with Crippen LogP contribution >= 0.6 is 11.8 Å². The minimum absolute atomic E-state index is 0.0274. The summed E-state index contributed by atoms with van der Waals surface area (Å²) in [6.45, 7) is 1.65. The Labute approximate surface area is 134 Å². The van der Waals surface area contributed by atoms with Crippen LogP contribution in [0.15, 0.2) is 60.7 Å². The summed E-state index contributed by atoms with van der Waals surface area (Å²) >= 11 is 1.31. The second kappa shape index (κ2) is 7.80. The SMILES string of the molecule is CC(SC(CC(=O)c1ccccc1)c1ccccc1)C(=O)O. The van der Waals surface area contributed by atoms with Crippen LogP contribution in [-0.2, 0) is 4.79 Å². The van der Waals surface area contributed by atoms with Gasteiger partial charge in [0.25, 0.3) is 0 Å². The van der Waals surface area contributed by atoms with E-state index in [1.165, 1.54) is 11.8 Å². The van der Waals surface area contributed by atoms with Crippen LogP contribution in [0, 0.1) is 0 Å². The molecule has 1 N–H and O–H groups in total. The second-order valence-electron chi connectivity index (χ2n) is 5.01. The van der Waals surface area contributed by atoms with E-state index in [1.54, 1.807) is 19.1 Å². The lowest BCUT2D eigenvalue weighted by atomic mass is 10.0. The van der Waals surface area contributed by atoms with Gasteiger partial charge in [-0.05, 0) is 12.5 Å². The van der Waals surface area contributed by atoms with Gasteiger partial charge in [-0.1, -0.05) is 60.7 Å². The largest absolute Gasteiger partial charge is 0.480 e. The predicted molar refractivity (Wildman–Crippen MR) is 89.3 cm³/mol. The summed E-state index contributed by atoms with van der Waals surface area (Å²) in [5.41, 5.74) is 1.64. The molecule has 0 aliphatic heterocycles. The zero-order valence-electron chi connectivity index (χ0n) is 12.3. The first-order valence-corrected chi connectivity index (χ1v) is 8.03. The first-order valence-electron chi connectivity index (χ1n) is 7.09. The van der Waals surface area contributed by atoms with E-state index >= 15 is 0 Å². The summed E-state index contributed by atoms with van der Waals surface area (Å²) in [4.78, 5) is 23.5. The zero-order valence-corrected chi connectivity index (χ0v) is 13.1. The Hall–Kier alpha value is -2.07. The lowest BCUT2D eigenvalue weighted by Gasteiger charge is -2.18. The fourth-order valence-corrected chi connectivity index (χ4v) is 3.30. The van der Waals surface area contributed by atoms with Gasteiger partial charge in [0.15, 0.2) is 5.78 Å². The van der Waals surface area contributed by atoms with Gasteiger partial charge in [0.05, 0.1) is 0 Å². The number of carbonyl (C=O) groups excluding carboxylic acids is 1. The van der Waals surface area contributed by atoms with E-state index in [9.17, 15) is 9.59 Å². The summed E-state index contributed by atoms with van der Waals surface area (Å²) in [7, 11) is 0. The highest BCUT2D eigenvalue weighted by atomic mass is 32.2. The van der Waals surface area contributed by atoms with E-state index in [1.807, 2.05) is 48.5 Å². The number of carboxylic acids is 1. The van der Waals surface area contributed by atoms with Crippen molar-refractivity contribution in [3.8, 4) is 0 Å². The van der Waals surface area contributed by atoms with Gasteiger partial charge in [-0.2, -0.15) is 0 Å². The second-order valence-corrected chi connectivity index (χ2v) is 6.56. The molecule has 4 heteroatoms. The van der Waals surface area contributed by atoms with Crippen LogP contribution in [-0.4, -0.2) is 22.1 Å². The summed E-state index contributed by atoms with van der Waals surface area (Å²) in [6, 6.07) is 18.7. The Bertz CT molecular complexity index is 625. The third-order valence-corrected chi connectivity index (χ3v) is 4.73. The fourth-order valence-electron chi connectivity index (χ4n) is 2.13. The fraction of sp³-hybridized carbons (Fsp3) is 0.222. The van der Waals surface area contributed by atoms with Gasteiger partial charge >= 0.3 is 5.97 Å². The van der Waals surface area contributed by atoms with Crippen molar-refractivity contribution in [3.63, 3.8) is 0 Å². The number of hydrogen-bond donors (Lipinski definition) is 1. The van der Waals surface area contributed by atoms with Gasteiger partial charge in [0.1, 0.15) is 5.25 Å². The molecule has 0 radical (unpaired) electrons. The number of carboxylic acid groups (broad SMARTS) is 1. The quantitative estimate of drug-likeness (QED) is 0.778. The van der Waals surface area contributed by atoms with Crippen molar-refractivity contribution in [1.82, 2.24) is 0 Å². The van der Waals surface area contributed by atoms with E-state index in [4.69, 9.17) is 5.11 Å². The summed E-state index contributed by atoms with van der Waals surface area (Å²) in [5.74, 6) is -0.836. The Kier molecular flexibility index (Phi) is 5.78. The van der Waals surface area contributed by atoms with E-state index < -0.39 is 11.2 Å². The number of ketones is 1. The van der Waals surface area contributed by atoms with Crippen LogP contribution in [0.5, 0.6) is 0 Å². The van der Waals surface area contributed by atoms with Crippen molar-refractivity contribution in [3.05, 3.63) is 71.8 Å². The van der Waals surface area contributed by atoms with Gasteiger partial charge in [-0.3, -0.25) is 9.59 Å². The molecule has 0 aromatic heterocycles. The molecule has 0 heterocycles. The number of thioether (sulfide) groups is 1. The molecular weight excluding hydrogens is 296 g/mol. The Morgan fingerprint density at radius 3 is 2.09 bits per heavy atom. The standard InChI is InChI=1S/C18H18O3S/c1-13(18(20)21)22-17(15-10-6-3-7-11-15)12-16(19)14-8-4-2-5-9-14/h2-11,13,17H,12H2,1H3,(H,20,21). The summed E-state index contributed by atoms with van der Waals surface area (Å²) in [5, 5.41) is 8.40. The van der Waals surface area contributed by atoms with E-state index in [0.29, 0.717) is 5.56 Å². The van der Waals surface area contributed by atoms with Gasteiger partial charge in [-0.15, -0.1) is 11.8 Å². The first-order chi connectivity index (χ1) is 10.6. The minimum atomic E-state index is -0.863. The van der Waals surface area contributed by atoms with Crippen LogP contribution < -0.4 is 0 Å². The number of carbonyl (C=O) groups is 2. The first kappa shape index (κ1) is 16.3. The topological polar surface area (TPSA) is 54.4 Å². The lowest BCUT2D eigenvalue weighted by Crippen LogP contribution is -2.15. The predicted octanol–water partition coefficient (Wildman–Crippen LogP) is 4.21. The smallest absolute Gasteiger partial charge is 0.316 e. The van der Waals surface area contributed by atoms with Gasteiger partial charge < -0.3 is 5.11 Å². The molecule has 22 heavy (non-hydrogen) atoms. The van der Waals surface area contributed by atoms with Gasteiger partial charge in [-0.25, -0.2) is 0 Å². The van der Waals surface area contributed by atoms with Crippen molar-refractivity contribution in [2.45, 2.75) is 23.8 Å². The normalized spacial score (nSPS) is 13.3. The highest BCUT2D eigenvalue weighted by molar-refractivity contribution is 8.00. The maximum Gasteiger partial charge on any atom is 0.316 e. The minimum Gasteiger partial charge on any atom is -0.480 e. The molecule has 0 aliphatic carbocycles. The number of Topliss-reactive ketones (excluding diaryl/α,β-unsaturated/α-hetero) is 1. The third-order valence-electron chi connectivity index (χ3n) is 3.35. The number of benzene rings is 2. The average Bonchev–Trinajstić information content (AvgIpc) is 2.55. The molecule has 2 aromatic carbocycles. The molecule has 3 nitrogen and oxygen atoms in total. The Balaban J connectivity index is 2.18. The molecule has 2 rings (SSSR count).